The van der Waals surface area contributed by atoms with Gasteiger partial charge in [0, 0.05) is 12.8 Å². The van der Waals surface area contributed by atoms with Gasteiger partial charge in [-0.2, -0.15) is 0 Å². The second kappa shape index (κ2) is 29.0. The van der Waals surface area contributed by atoms with Crippen LogP contribution in [0, 0.1) is 0 Å². The summed E-state index contributed by atoms with van der Waals surface area (Å²) in [5, 5.41) is 8.74. The topological polar surface area (TPSA) is 63.6 Å². The van der Waals surface area contributed by atoms with E-state index in [0.29, 0.717) is 12.8 Å². The Morgan fingerprint density at radius 1 is 0.595 bits per heavy atom. The number of rotatable bonds is 28. The second-order valence-electron chi connectivity index (χ2n) is 10.6. The van der Waals surface area contributed by atoms with Gasteiger partial charge in [0.25, 0.3) is 0 Å². The van der Waals surface area contributed by atoms with Crippen LogP contribution in [0.3, 0.4) is 0 Å². The Morgan fingerprint density at radius 3 is 1.68 bits per heavy atom. The van der Waals surface area contributed by atoms with Crippen molar-refractivity contribution in [2.24, 2.45) is 0 Å². The van der Waals surface area contributed by atoms with Gasteiger partial charge in [0.15, 0.2) is 0 Å². The van der Waals surface area contributed by atoms with Gasteiger partial charge in [0.1, 0.15) is 6.10 Å². The zero-order valence-corrected chi connectivity index (χ0v) is 24.5. The summed E-state index contributed by atoms with van der Waals surface area (Å²) in [5.74, 6) is -0.784. The third kappa shape index (κ3) is 28.8. The van der Waals surface area contributed by atoms with Gasteiger partial charge in [-0.1, -0.05) is 115 Å². The van der Waals surface area contributed by atoms with Crippen LogP contribution in [0.4, 0.5) is 0 Å². The lowest BCUT2D eigenvalue weighted by Gasteiger charge is -2.17. The van der Waals surface area contributed by atoms with Gasteiger partial charge >= 0.3 is 11.9 Å². The van der Waals surface area contributed by atoms with Crippen molar-refractivity contribution >= 4 is 11.9 Å². The standard InChI is InChI=1S/C33H60O4/c1-3-5-7-8-9-10-11-12-13-14-15-16-17-18-19-20-21-22-26-30-33(36)37-31(27-6-4-2)28-24-23-25-29-32(34)35/h9-10,12-13,31H,3-8,11,14-30H2,1-2H3,(H,34,35)/b10-9-,13-12-. The normalized spacial score (nSPS) is 12.5. The molecule has 0 fully saturated rings. The van der Waals surface area contributed by atoms with E-state index in [1.807, 2.05) is 0 Å². The first-order chi connectivity index (χ1) is 18.1. The lowest BCUT2D eigenvalue weighted by Crippen LogP contribution is -2.18. The van der Waals surface area contributed by atoms with Crippen molar-refractivity contribution in [3.8, 4) is 0 Å². The van der Waals surface area contributed by atoms with Crippen molar-refractivity contribution in [2.75, 3.05) is 0 Å². The number of allylic oxidation sites excluding steroid dienone is 4. The molecule has 0 spiro atoms. The van der Waals surface area contributed by atoms with Crippen LogP contribution in [0.2, 0.25) is 0 Å². The van der Waals surface area contributed by atoms with Crippen molar-refractivity contribution in [1.82, 2.24) is 0 Å². The molecule has 0 saturated heterocycles. The van der Waals surface area contributed by atoms with Crippen molar-refractivity contribution in [3.63, 3.8) is 0 Å². The van der Waals surface area contributed by atoms with E-state index >= 15 is 0 Å². The molecule has 1 unspecified atom stereocenters. The van der Waals surface area contributed by atoms with Crippen molar-refractivity contribution in [1.29, 1.82) is 0 Å². The minimum Gasteiger partial charge on any atom is -0.481 e. The number of aliphatic carboxylic acids is 1. The summed E-state index contributed by atoms with van der Waals surface area (Å²) in [5.41, 5.74) is 0. The molecule has 4 heteroatoms. The number of carbonyl (C=O) groups is 2. The average molecular weight is 521 g/mol. The molecule has 0 bridgehead atoms. The van der Waals surface area contributed by atoms with Crippen LogP contribution in [-0.4, -0.2) is 23.1 Å². The summed E-state index contributed by atoms with van der Waals surface area (Å²) in [7, 11) is 0. The van der Waals surface area contributed by atoms with Crippen LogP contribution in [-0.2, 0) is 14.3 Å². The Kier molecular flexibility index (Phi) is 27.7. The van der Waals surface area contributed by atoms with Gasteiger partial charge in [-0.15, -0.1) is 0 Å². The van der Waals surface area contributed by atoms with Gasteiger partial charge in [-0.05, 0) is 64.2 Å². The van der Waals surface area contributed by atoms with Crippen LogP contribution in [0.5, 0.6) is 0 Å². The molecule has 1 N–H and O–H groups in total. The molecule has 0 saturated carbocycles. The third-order valence-corrected chi connectivity index (χ3v) is 6.93. The zero-order chi connectivity index (χ0) is 27.2. The summed E-state index contributed by atoms with van der Waals surface area (Å²) >= 11 is 0. The average Bonchev–Trinajstić information content (AvgIpc) is 2.88. The summed E-state index contributed by atoms with van der Waals surface area (Å²) < 4.78 is 5.75. The van der Waals surface area contributed by atoms with E-state index in [4.69, 9.17) is 9.84 Å². The van der Waals surface area contributed by atoms with E-state index in [2.05, 4.69) is 38.2 Å². The molecule has 0 aromatic carbocycles. The SMILES string of the molecule is CCCCC/C=C\C/C=C\CCCCCCCCCCCC(=O)OC(CCCC)CCCCCC(=O)O. The maximum absolute atomic E-state index is 12.3. The van der Waals surface area contributed by atoms with Gasteiger partial charge in [0.05, 0.1) is 0 Å². The molecular formula is C33H60O4. The fourth-order valence-corrected chi connectivity index (χ4v) is 4.55. The molecule has 4 nitrogen and oxygen atoms in total. The summed E-state index contributed by atoms with van der Waals surface area (Å²) in [4.78, 5) is 22.9. The van der Waals surface area contributed by atoms with Crippen molar-refractivity contribution < 1.29 is 19.4 Å². The number of hydrogen-bond acceptors (Lipinski definition) is 3. The second-order valence-corrected chi connectivity index (χ2v) is 10.6. The molecule has 1 atom stereocenters. The number of hydrogen-bond donors (Lipinski definition) is 1. The highest BCUT2D eigenvalue weighted by molar-refractivity contribution is 5.69. The Labute approximate surface area is 229 Å². The molecule has 37 heavy (non-hydrogen) atoms. The first-order valence-corrected chi connectivity index (χ1v) is 15.8. The van der Waals surface area contributed by atoms with E-state index in [-0.39, 0.29) is 18.5 Å². The van der Waals surface area contributed by atoms with E-state index < -0.39 is 5.97 Å². The van der Waals surface area contributed by atoms with Gasteiger partial charge in [0.2, 0.25) is 0 Å². The Balaban J connectivity index is 3.59. The summed E-state index contributed by atoms with van der Waals surface area (Å²) in [6.07, 6.45) is 35.2. The number of carboxylic acid groups (broad SMARTS) is 1. The molecule has 0 aromatic heterocycles. The van der Waals surface area contributed by atoms with Gasteiger partial charge in [-0.25, -0.2) is 0 Å². The lowest BCUT2D eigenvalue weighted by molar-refractivity contribution is -0.150. The predicted octanol–water partition coefficient (Wildman–Crippen LogP) is 10.5. The molecule has 0 radical (unpaired) electrons. The van der Waals surface area contributed by atoms with Crippen molar-refractivity contribution in [3.05, 3.63) is 24.3 Å². The number of carboxylic acids is 1. The monoisotopic (exact) mass is 520 g/mol. The lowest BCUT2D eigenvalue weighted by atomic mass is 10.0. The molecule has 0 heterocycles. The smallest absolute Gasteiger partial charge is 0.306 e. The van der Waals surface area contributed by atoms with Crippen LogP contribution in [0.1, 0.15) is 168 Å². The first-order valence-electron chi connectivity index (χ1n) is 15.8. The first kappa shape index (κ1) is 35.4. The Morgan fingerprint density at radius 2 is 1.08 bits per heavy atom. The molecule has 0 aromatic rings. The number of unbranched alkanes of at least 4 members (excludes halogenated alkanes) is 15. The molecular weight excluding hydrogens is 460 g/mol. The molecule has 0 amide bonds. The molecule has 0 aliphatic carbocycles. The molecule has 0 aliphatic heterocycles. The predicted molar refractivity (Wildman–Crippen MR) is 158 cm³/mol. The summed E-state index contributed by atoms with van der Waals surface area (Å²) in [6.45, 7) is 4.40. The highest BCUT2D eigenvalue weighted by Gasteiger charge is 2.14. The van der Waals surface area contributed by atoms with E-state index in [0.717, 1.165) is 57.8 Å². The summed E-state index contributed by atoms with van der Waals surface area (Å²) in [6, 6.07) is 0. The molecule has 216 valence electrons. The van der Waals surface area contributed by atoms with Crippen molar-refractivity contribution in [2.45, 2.75) is 174 Å². The largest absolute Gasteiger partial charge is 0.481 e. The minimum atomic E-state index is -0.732. The number of carbonyl (C=O) groups excluding carboxylic acids is 1. The van der Waals surface area contributed by atoms with Gasteiger partial charge < -0.3 is 9.84 Å². The number of esters is 1. The van der Waals surface area contributed by atoms with Crippen LogP contribution < -0.4 is 0 Å². The molecule has 0 aliphatic rings. The number of ether oxygens (including phenoxy) is 1. The highest BCUT2D eigenvalue weighted by Crippen LogP contribution is 2.17. The molecule has 0 rings (SSSR count). The Bertz CT molecular complexity index is 567. The minimum absolute atomic E-state index is 0.00456. The van der Waals surface area contributed by atoms with E-state index in [9.17, 15) is 9.59 Å². The highest BCUT2D eigenvalue weighted by atomic mass is 16.5. The maximum atomic E-state index is 12.3. The quantitative estimate of drug-likeness (QED) is 0.0633. The van der Waals surface area contributed by atoms with E-state index in [1.54, 1.807) is 0 Å². The zero-order valence-electron chi connectivity index (χ0n) is 24.5. The van der Waals surface area contributed by atoms with E-state index in [1.165, 1.54) is 77.0 Å². The van der Waals surface area contributed by atoms with Crippen LogP contribution in [0.25, 0.3) is 0 Å². The fourth-order valence-electron chi connectivity index (χ4n) is 4.55. The van der Waals surface area contributed by atoms with Crippen LogP contribution >= 0.6 is 0 Å². The Hall–Kier alpha value is -1.58. The van der Waals surface area contributed by atoms with Crippen LogP contribution in [0.15, 0.2) is 24.3 Å². The maximum Gasteiger partial charge on any atom is 0.306 e. The van der Waals surface area contributed by atoms with Gasteiger partial charge in [-0.3, -0.25) is 9.59 Å². The third-order valence-electron chi connectivity index (χ3n) is 6.93. The fraction of sp³-hybridized carbons (Fsp3) is 0.818.